The van der Waals surface area contributed by atoms with E-state index in [0.717, 1.165) is 11.5 Å². The average Bonchev–Trinajstić information content (AvgIpc) is 2.90. The van der Waals surface area contributed by atoms with Crippen molar-refractivity contribution in [2.75, 3.05) is 0 Å². The summed E-state index contributed by atoms with van der Waals surface area (Å²) in [6.07, 6.45) is 5.07. The second kappa shape index (κ2) is 4.13. The lowest BCUT2D eigenvalue weighted by Gasteiger charge is -1.96. The van der Waals surface area contributed by atoms with Crippen molar-refractivity contribution < 1.29 is 0 Å². The molecule has 0 amide bonds. The summed E-state index contributed by atoms with van der Waals surface area (Å²) in [6.45, 7) is 0. The van der Waals surface area contributed by atoms with Crippen molar-refractivity contribution in [3.05, 3.63) is 55.1 Å². The zero-order chi connectivity index (χ0) is 11.5. The van der Waals surface area contributed by atoms with Gasteiger partial charge in [0, 0.05) is 12.4 Å². The lowest BCUT2D eigenvalue weighted by Crippen LogP contribution is -1.97. The molecule has 3 heterocycles. The second-order valence-electron chi connectivity index (χ2n) is 3.42. The first kappa shape index (κ1) is 9.65. The van der Waals surface area contributed by atoms with Gasteiger partial charge in [-0.1, -0.05) is 12.1 Å². The summed E-state index contributed by atoms with van der Waals surface area (Å²) in [5.41, 5.74) is 0.752. The number of hydrogen-bond acceptors (Lipinski definition) is 4. The molecule has 5 heteroatoms. The number of pyridine rings is 2. The summed E-state index contributed by atoms with van der Waals surface area (Å²) >= 11 is 0. The Morgan fingerprint density at radius 2 is 1.65 bits per heavy atom. The van der Waals surface area contributed by atoms with Gasteiger partial charge in [-0.25, -0.2) is 14.6 Å². The molecule has 3 rings (SSSR count). The topological polar surface area (TPSA) is 56.5 Å². The predicted octanol–water partition coefficient (Wildman–Crippen LogP) is 1.72. The van der Waals surface area contributed by atoms with Crippen LogP contribution in [-0.2, 0) is 0 Å². The fraction of sp³-hybridized carbons (Fsp3) is 0. The fourth-order valence-corrected chi connectivity index (χ4v) is 1.48. The first-order chi connectivity index (χ1) is 8.43. The smallest absolute Gasteiger partial charge is 0.200 e. The van der Waals surface area contributed by atoms with Crippen molar-refractivity contribution in [3.63, 3.8) is 0 Å². The van der Waals surface area contributed by atoms with E-state index >= 15 is 0 Å². The minimum absolute atomic E-state index is 0.594. The molecule has 0 saturated carbocycles. The Morgan fingerprint density at radius 1 is 0.824 bits per heavy atom. The number of nitrogens with zero attached hydrogens (tertiary/aromatic N) is 5. The Hall–Kier alpha value is -2.56. The molecule has 0 aliphatic heterocycles. The van der Waals surface area contributed by atoms with Gasteiger partial charge in [-0.15, -0.1) is 5.10 Å². The Morgan fingerprint density at radius 3 is 2.35 bits per heavy atom. The maximum absolute atomic E-state index is 4.33. The summed E-state index contributed by atoms with van der Waals surface area (Å²) < 4.78 is 1.63. The van der Waals surface area contributed by atoms with E-state index in [1.54, 1.807) is 23.4 Å². The van der Waals surface area contributed by atoms with E-state index in [1.807, 2.05) is 36.4 Å². The highest BCUT2D eigenvalue weighted by atomic mass is 15.4. The molecule has 3 aromatic rings. The molecule has 0 spiro atoms. The molecule has 0 aliphatic carbocycles. The first-order valence-corrected chi connectivity index (χ1v) is 5.18. The zero-order valence-electron chi connectivity index (χ0n) is 8.93. The van der Waals surface area contributed by atoms with Crippen LogP contribution in [0.15, 0.2) is 55.1 Å². The monoisotopic (exact) mass is 223 g/mol. The van der Waals surface area contributed by atoms with Crippen LogP contribution in [0.1, 0.15) is 0 Å². The Kier molecular flexibility index (Phi) is 2.34. The molecule has 0 fully saturated rings. The third kappa shape index (κ3) is 1.90. The molecule has 17 heavy (non-hydrogen) atoms. The molecule has 5 nitrogen and oxygen atoms in total. The van der Waals surface area contributed by atoms with Crippen LogP contribution in [-0.4, -0.2) is 24.7 Å². The van der Waals surface area contributed by atoms with Crippen molar-refractivity contribution in [3.8, 4) is 17.3 Å². The minimum Gasteiger partial charge on any atom is -0.253 e. The zero-order valence-corrected chi connectivity index (χ0v) is 8.93. The standard InChI is InChI=1S/C12H9N5/c1-3-7-13-10(5-1)12-15-9-17(16-12)11-6-2-4-8-14-11/h1-9H. The fourth-order valence-electron chi connectivity index (χ4n) is 1.48. The van der Waals surface area contributed by atoms with E-state index in [9.17, 15) is 0 Å². The van der Waals surface area contributed by atoms with Gasteiger partial charge in [0.1, 0.15) is 12.0 Å². The summed E-state index contributed by atoms with van der Waals surface area (Å²) in [4.78, 5) is 12.6. The molecule has 0 aromatic carbocycles. The van der Waals surface area contributed by atoms with Crippen molar-refractivity contribution >= 4 is 0 Å². The molecule has 0 radical (unpaired) electrons. The molecule has 0 saturated heterocycles. The van der Waals surface area contributed by atoms with Gasteiger partial charge in [0.2, 0.25) is 0 Å². The van der Waals surface area contributed by atoms with Crippen LogP contribution in [0, 0.1) is 0 Å². The van der Waals surface area contributed by atoms with Crippen LogP contribution < -0.4 is 0 Å². The maximum atomic E-state index is 4.33. The Labute approximate surface area is 97.8 Å². The van der Waals surface area contributed by atoms with Crippen molar-refractivity contribution in [2.45, 2.75) is 0 Å². The molecule has 3 aromatic heterocycles. The van der Waals surface area contributed by atoms with E-state index in [1.165, 1.54) is 0 Å². The summed E-state index contributed by atoms with van der Waals surface area (Å²) in [5, 5.41) is 4.33. The third-order valence-corrected chi connectivity index (χ3v) is 2.27. The Balaban J connectivity index is 1.99. The normalized spacial score (nSPS) is 10.4. The molecule has 0 N–H and O–H groups in total. The summed E-state index contributed by atoms with van der Waals surface area (Å²) in [5.74, 6) is 1.33. The third-order valence-electron chi connectivity index (χ3n) is 2.27. The molecule has 0 bridgehead atoms. The van der Waals surface area contributed by atoms with E-state index < -0.39 is 0 Å². The lowest BCUT2D eigenvalue weighted by molar-refractivity contribution is 0.847. The summed E-state index contributed by atoms with van der Waals surface area (Å²) in [6, 6.07) is 11.3. The van der Waals surface area contributed by atoms with Gasteiger partial charge in [0.25, 0.3) is 0 Å². The van der Waals surface area contributed by atoms with Crippen LogP contribution in [0.25, 0.3) is 17.3 Å². The lowest BCUT2D eigenvalue weighted by atomic mass is 10.3. The highest BCUT2D eigenvalue weighted by molar-refractivity contribution is 5.47. The van der Waals surface area contributed by atoms with Crippen LogP contribution >= 0.6 is 0 Å². The number of aromatic nitrogens is 5. The highest BCUT2D eigenvalue weighted by Gasteiger charge is 2.05. The second-order valence-corrected chi connectivity index (χ2v) is 3.42. The van der Waals surface area contributed by atoms with Gasteiger partial charge in [-0.05, 0) is 24.3 Å². The van der Waals surface area contributed by atoms with Gasteiger partial charge in [0.15, 0.2) is 11.6 Å². The predicted molar refractivity (Wildman–Crippen MR) is 62.4 cm³/mol. The van der Waals surface area contributed by atoms with Crippen LogP contribution in [0.5, 0.6) is 0 Å². The van der Waals surface area contributed by atoms with E-state index in [2.05, 4.69) is 20.1 Å². The van der Waals surface area contributed by atoms with E-state index in [0.29, 0.717) is 5.82 Å². The van der Waals surface area contributed by atoms with Crippen molar-refractivity contribution in [2.24, 2.45) is 0 Å². The van der Waals surface area contributed by atoms with Gasteiger partial charge in [-0.2, -0.15) is 0 Å². The molecule has 0 unspecified atom stereocenters. The van der Waals surface area contributed by atoms with Crippen molar-refractivity contribution in [1.29, 1.82) is 0 Å². The Bertz CT molecular complexity index is 549. The molecule has 82 valence electrons. The average molecular weight is 223 g/mol. The highest BCUT2D eigenvalue weighted by Crippen LogP contribution is 2.11. The van der Waals surface area contributed by atoms with Crippen LogP contribution in [0.2, 0.25) is 0 Å². The van der Waals surface area contributed by atoms with Gasteiger partial charge >= 0.3 is 0 Å². The SMILES string of the molecule is c1ccc(-c2ncn(-c3ccccn3)n2)nc1. The minimum atomic E-state index is 0.594. The molecular formula is C12H9N5. The molecular weight excluding hydrogens is 214 g/mol. The van der Waals surface area contributed by atoms with Crippen molar-refractivity contribution in [1.82, 2.24) is 24.7 Å². The van der Waals surface area contributed by atoms with E-state index in [4.69, 9.17) is 0 Å². The van der Waals surface area contributed by atoms with Gasteiger partial charge in [0.05, 0.1) is 0 Å². The summed E-state index contributed by atoms with van der Waals surface area (Å²) in [7, 11) is 0. The molecule has 0 atom stereocenters. The quantitative estimate of drug-likeness (QED) is 0.663. The molecule has 0 aliphatic rings. The van der Waals surface area contributed by atoms with Gasteiger partial charge in [-0.3, -0.25) is 4.98 Å². The largest absolute Gasteiger partial charge is 0.253 e. The van der Waals surface area contributed by atoms with E-state index in [-0.39, 0.29) is 0 Å². The van der Waals surface area contributed by atoms with Crippen LogP contribution in [0.3, 0.4) is 0 Å². The van der Waals surface area contributed by atoms with Gasteiger partial charge < -0.3 is 0 Å². The number of rotatable bonds is 2. The van der Waals surface area contributed by atoms with Crippen LogP contribution in [0.4, 0.5) is 0 Å². The number of hydrogen-bond donors (Lipinski definition) is 0. The maximum Gasteiger partial charge on any atom is 0.200 e. The first-order valence-electron chi connectivity index (χ1n) is 5.18.